The third-order valence-electron chi connectivity index (χ3n) is 4.35. The number of aliphatic hydroxyl groups is 1. The molecule has 0 radical (unpaired) electrons. The third-order valence-corrected chi connectivity index (χ3v) is 5.25. The first kappa shape index (κ1) is 19.0. The lowest BCUT2D eigenvalue weighted by Crippen LogP contribution is -2.41. The molecule has 27 heavy (non-hydrogen) atoms. The predicted octanol–water partition coefficient (Wildman–Crippen LogP) is 2.63. The van der Waals surface area contributed by atoms with E-state index >= 15 is 0 Å². The van der Waals surface area contributed by atoms with Crippen molar-refractivity contribution in [1.29, 1.82) is 0 Å². The average Bonchev–Trinajstić information content (AvgIpc) is 3.14. The normalized spacial score (nSPS) is 15.7. The fourth-order valence-corrected chi connectivity index (χ4v) is 3.85. The van der Waals surface area contributed by atoms with Gasteiger partial charge in [-0.2, -0.15) is 0 Å². The molecule has 3 rings (SSSR count). The maximum atomic E-state index is 12.7. The van der Waals surface area contributed by atoms with Crippen LogP contribution < -0.4 is 14.8 Å². The molecule has 0 fully saturated rings. The van der Waals surface area contributed by atoms with Crippen molar-refractivity contribution in [3.63, 3.8) is 0 Å². The number of β-amino-alcohol motifs (C(OH)–C–C–N with tert-alkyl or cyclic N) is 1. The number of benzene rings is 1. The Bertz CT molecular complexity index is 866. The van der Waals surface area contributed by atoms with Gasteiger partial charge < -0.3 is 29.5 Å². The summed E-state index contributed by atoms with van der Waals surface area (Å²) in [5, 5.41) is 15.0. The summed E-state index contributed by atoms with van der Waals surface area (Å²) in [6, 6.07) is 4.66. The molecular formula is C18H20N2O6S. The number of esters is 1. The van der Waals surface area contributed by atoms with Crippen molar-refractivity contribution < 1.29 is 28.9 Å². The van der Waals surface area contributed by atoms with Crippen molar-refractivity contribution in [1.82, 2.24) is 4.90 Å². The Morgan fingerprint density at radius 2 is 1.89 bits per heavy atom. The minimum atomic E-state index is -0.924. The lowest BCUT2D eigenvalue weighted by atomic mass is 9.95. The summed E-state index contributed by atoms with van der Waals surface area (Å²) in [5.74, 6) is 0.591. The van der Waals surface area contributed by atoms with Gasteiger partial charge in [0.15, 0.2) is 0 Å². The molecule has 1 aliphatic heterocycles. The van der Waals surface area contributed by atoms with Crippen molar-refractivity contribution >= 4 is 29.0 Å². The molecule has 0 saturated heterocycles. The van der Waals surface area contributed by atoms with Crippen molar-refractivity contribution in [2.75, 3.05) is 33.2 Å². The highest BCUT2D eigenvalue weighted by molar-refractivity contribution is 7.12. The molecule has 1 aromatic carbocycles. The summed E-state index contributed by atoms with van der Waals surface area (Å²) in [7, 11) is 4.34. The monoisotopic (exact) mass is 392 g/mol. The SMILES string of the molecule is COC(=O)c1sccc1NC(=O)N1Cc2c(OC)ccc(OC)c2[C@H](O)C1. The number of carbonyl (C=O) groups is 2. The first-order valence-electron chi connectivity index (χ1n) is 8.13. The van der Waals surface area contributed by atoms with Crippen LogP contribution >= 0.6 is 11.3 Å². The van der Waals surface area contributed by atoms with Gasteiger partial charge in [0.25, 0.3) is 0 Å². The van der Waals surface area contributed by atoms with Gasteiger partial charge in [-0.25, -0.2) is 9.59 Å². The number of ether oxygens (including phenoxy) is 3. The van der Waals surface area contributed by atoms with Gasteiger partial charge in [0.1, 0.15) is 22.5 Å². The van der Waals surface area contributed by atoms with E-state index in [0.717, 1.165) is 0 Å². The van der Waals surface area contributed by atoms with Crippen LogP contribution in [0.25, 0.3) is 0 Å². The number of nitrogens with zero attached hydrogens (tertiary/aromatic N) is 1. The quantitative estimate of drug-likeness (QED) is 0.777. The zero-order valence-electron chi connectivity index (χ0n) is 15.1. The molecule has 144 valence electrons. The van der Waals surface area contributed by atoms with Gasteiger partial charge in [0, 0.05) is 11.1 Å². The second kappa shape index (κ2) is 7.85. The van der Waals surface area contributed by atoms with Crippen LogP contribution in [-0.2, 0) is 11.3 Å². The van der Waals surface area contributed by atoms with E-state index in [9.17, 15) is 14.7 Å². The number of urea groups is 1. The summed E-state index contributed by atoms with van der Waals surface area (Å²) >= 11 is 1.18. The van der Waals surface area contributed by atoms with Crippen molar-refractivity contribution in [3.8, 4) is 11.5 Å². The van der Waals surface area contributed by atoms with E-state index in [-0.39, 0.29) is 13.1 Å². The van der Waals surface area contributed by atoms with E-state index in [1.54, 1.807) is 23.6 Å². The Kier molecular flexibility index (Phi) is 5.52. The fourth-order valence-electron chi connectivity index (χ4n) is 3.08. The second-order valence-electron chi connectivity index (χ2n) is 5.84. The molecular weight excluding hydrogens is 372 g/mol. The molecule has 2 aromatic rings. The van der Waals surface area contributed by atoms with Crippen LogP contribution in [0.2, 0.25) is 0 Å². The highest BCUT2D eigenvalue weighted by atomic mass is 32.1. The number of nitrogens with one attached hydrogen (secondary N) is 1. The van der Waals surface area contributed by atoms with Crippen LogP contribution in [0.15, 0.2) is 23.6 Å². The minimum Gasteiger partial charge on any atom is -0.496 e. The fraction of sp³-hybridized carbons (Fsp3) is 0.333. The Morgan fingerprint density at radius 3 is 2.56 bits per heavy atom. The summed E-state index contributed by atoms with van der Waals surface area (Å²) in [5.41, 5.74) is 1.67. The highest BCUT2D eigenvalue weighted by Gasteiger charge is 2.32. The van der Waals surface area contributed by atoms with Gasteiger partial charge in [-0.3, -0.25) is 0 Å². The molecule has 9 heteroatoms. The van der Waals surface area contributed by atoms with Crippen LogP contribution in [-0.4, -0.2) is 49.9 Å². The van der Waals surface area contributed by atoms with Gasteiger partial charge in [-0.1, -0.05) is 0 Å². The van der Waals surface area contributed by atoms with Gasteiger partial charge in [-0.05, 0) is 23.6 Å². The van der Waals surface area contributed by atoms with Gasteiger partial charge >= 0.3 is 12.0 Å². The number of thiophene rings is 1. The van der Waals surface area contributed by atoms with E-state index in [2.05, 4.69) is 5.32 Å². The average molecular weight is 392 g/mol. The Labute approximate surface area is 160 Å². The van der Waals surface area contributed by atoms with Crippen LogP contribution in [0.5, 0.6) is 11.5 Å². The number of carbonyl (C=O) groups excluding carboxylic acids is 2. The summed E-state index contributed by atoms with van der Waals surface area (Å²) in [6.07, 6.45) is -0.924. The minimum absolute atomic E-state index is 0.0834. The number of anilines is 1. The van der Waals surface area contributed by atoms with E-state index in [1.165, 1.54) is 37.6 Å². The zero-order chi connectivity index (χ0) is 19.6. The summed E-state index contributed by atoms with van der Waals surface area (Å²) < 4.78 is 15.4. The van der Waals surface area contributed by atoms with E-state index in [4.69, 9.17) is 14.2 Å². The summed E-state index contributed by atoms with van der Waals surface area (Å²) in [6.45, 7) is 0.316. The molecule has 0 saturated carbocycles. The number of rotatable bonds is 4. The molecule has 8 nitrogen and oxygen atoms in total. The Balaban J connectivity index is 1.85. The molecule has 1 atom stereocenters. The standard InChI is InChI=1S/C18H20N2O6S/c1-24-13-4-5-14(25-2)15-10(13)8-20(9-12(15)21)18(23)19-11-6-7-27-16(11)17(22)26-3/h4-7,12,21H,8-9H2,1-3H3,(H,19,23)/t12-/m1/s1. The topological polar surface area (TPSA) is 97.3 Å². The lowest BCUT2D eigenvalue weighted by molar-refractivity contribution is 0.0607. The molecule has 1 aromatic heterocycles. The maximum Gasteiger partial charge on any atom is 0.350 e. The Hall–Kier alpha value is -2.78. The van der Waals surface area contributed by atoms with Crippen LogP contribution in [0.4, 0.5) is 10.5 Å². The molecule has 0 bridgehead atoms. The molecule has 2 amide bonds. The zero-order valence-corrected chi connectivity index (χ0v) is 16.0. The number of hydrogen-bond donors (Lipinski definition) is 2. The molecule has 2 N–H and O–H groups in total. The molecule has 2 heterocycles. The van der Waals surface area contributed by atoms with Gasteiger partial charge in [0.2, 0.25) is 0 Å². The third kappa shape index (κ3) is 3.56. The smallest absolute Gasteiger partial charge is 0.350 e. The molecule has 1 aliphatic rings. The van der Waals surface area contributed by atoms with Gasteiger partial charge in [-0.15, -0.1) is 11.3 Å². The number of hydrogen-bond acceptors (Lipinski definition) is 7. The lowest BCUT2D eigenvalue weighted by Gasteiger charge is -2.33. The van der Waals surface area contributed by atoms with Crippen LogP contribution in [0.3, 0.4) is 0 Å². The number of methoxy groups -OCH3 is 3. The van der Waals surface area contributed by atoms with Crippen molar-refractivity contribution in [3.05, 3.63) is 39.6 Å². The highest BCUT2D eigenvalue weighted by Crippen LogP contribution is 2.39. The second-order valence-corrected chi connectivity index (χ2v) is 6.76. The van der Waals surface area contributed by atoms with Crippen LogP contribution in [0.1, 0.15) is 26.9 Å². The first-order chi connectivity index (χ1) is 13.0. The number of fused-ring (bicyclic) bond motifs is 1. The van der Waals surface area contributed by atoms with E-state index < -0.39 is 18.1 Å². The van der Waals surface area contributed by atoms with Gasteiger partial charge in [0.05, 0.1) is 40.1 Å². The maximum absolute atomic E-state index is 12.7. The Morgan fingerprint density at radius 1 is 1.19 bits per heavy atom. The van der Waals surface area contributed by atoms with Crippen molar-refractivity contribution in [2.24, 2.45) is 0 Å². The molecule has 0 unspecified atom stereocenters. The largest absolute Gasteiger partial charge is 0.496 e. The molecule has 0 spiro atoms. The molecule has 0 aliphatic carbocycles. The summed E-state index contributed by atoms with van der Waals surface area (Å²) in [4.78, 5) is 26.3. The van der Waals surface area contributed by atoms with Crippen LogP contribution in [0, 0.1) is 0 Å². The number of amides is 2. The first-order valence-corrected chi connectivity index (χ1v) is 9.01. The predicted molar refractivity (Wildman–Crippen MR) is 99.6 cm³/mol. The number of aliphatic hydroxyl groups excluding tert-OH is 1. The van der Waals surface area contributed by atoms with E-state index in [0.29, 0.717) is 33.2 Å². The van der Waals surface area contributed by atoms with E-state index in [1.807, 2.05) is 0 Å². The van der Waals surface area contributed by atoms with Crippen molar-refractivity contribution in [2.45, 2.75) is 12.6 Å².